The highest BCUT2D eigenvalue weighted by Crippen LogP contribution is 2.23. The lowest BCUT2D eigenvalue weighted by molar-refractivity contribution is 0.0232. The number of hydrogen-bond donors (Lipinski definition) is 1. The van der Waals surface area contributed by atoms with E-state index in [1.807, 2.05) is 25.7 Å². The Kier molecular flexibility index (Phi) is 4.80. The molecule has 0 saturated carbocycles. The van der Waals surface area contributed by atoms with Gasteiger partial charge in [0.2, 0.25) is 0 Å². The molecule has 1 fully saturated rings. The van der Waals surface area contributed by atoms with Gasteiger partial charge in [0.1, 0.15) is 5.60 Å². The van der Waals surface area contributed by atoms with Crippen molar-refractivity contribution in [2.45, 2.75) is 46.1 Å². The number of carbonyl (C=O) groups is 1. The number of hydrogen-bond acceptors (Lipinski definition) is 3. The highest BCUT2D eigenvalue weighted by atomic mass is 16.6. The Morgan fingerprint density at radius 1 is 1.47 bits per heavy atom. The van der Waals surface area contributed by atoms with Crippen LogP contribution in [0.1, 0.15) is 40.5 Å². The first-order valence-electron chi connectivity index (χ1n) is 6.51. The molecule has 0 aromatic rings. The van der Waals surface area contributed by atoms with E-state index in [2.05, 4.69) is 6.92 Å². The van der Waals surface area contributed by atoms with Crippen LogP contribution in [0, 0.1) is 11.8 Å². The summed E-state index contributed by atoms with van der Waals surface area (Å²) in [5.41, 5.74) is 5.33. The Hall–Kier alpha value is -0.770. The molecule has 0 spiro atoms. The number of ether oxygens (including phenoxy) is 1. The fourth-order valence-electron chi connectivity index (χ4n) is 2.26. The normalized spacial score (nSPS) is 26.5. The van der Waals surface area contributed by atoms with Crippen LogP contribution in [0.4, 0.5) is 4.79 Å². The Labute approximate surface area is 104 Å². The van der Waals surface area contributed by atoms with Crippen molar-refractivity contribution in [3.8, 4) is 0 Å². The average molecular weight is 242 g/mol. The monoisotopic (exact) mass is 242 g/mol. The maximum atomic E-state index is 12.0. The second-order valence-electron chi connectivity index (χ2n) is 6.04. The molecule has 0 aromatic carbocycles. The summed E-state index contributed by atoms with van der Waals surface area (Å²) >= 11 is 0. The molecule has 4 heteroatoms. The number of nitrogens with two attached hydrogens (primary N) is 1. The van der Waals surface area contributed by atoms with Crippen molar-refractivity contribution in [1.82, 2.24) is 4.90 Å². The molecule has 2 N–H and O–H groups in total. The highest BCUT2D eigenvalue weighted by molar-refractivity contribution is 5.68. The first kappa shape index (κ1) is 14.3. The van der Waals surface area contributed by atoms with Gasteiger partial charge in [-0.1, -0.05) is 6.92 Å². The number of nitrogens with zero attached hydrogens (tertiary/aromatic N) is 1. The number of rotatable bonds is 1. The smallest absolute Gasteiger partial charge is 0.410 e. The minimum atomic E-state index is -0.417. The van der Waals surface area contributed by atoms with Gasteiger partial charge in [0.15, 0.2) is 0 Å². The van der Waals surface area contributed by atoms with Crippen LogP contribution in [-0.2, 0) is 4.74 Å². The summed E-state index contributed by atoms with van der Waals surface area (Å²) < 4.78 is 5.41. The Balaban J connectivity index is 2.57. The molecular formula is C13H26N2O2. The third-order valence-electron chi connectivity index (χ3n) is 3.27. The van der Waals surface area contributed by atoms with Gasteiger partial charge in [0.25, 0.3) is 0 Å². The third kappa shape index (κ3) is 4.54. The number of likely N-dealkylation sites (tertiary alicyclic amines) is 1. The van der Waals surface area contributed by atoms with E-state index in [9.17, 15) is 4.79 Å². The molecule has 1 aliphatic rings. The van der Waals surface area contributed by atoms with E-state index in [-0.39, 0.29) is 6.09 Å². The van der Waals surface area contributed by atoms with Crippen LogP contribution >= 0.6 is 0 Å². The van der Waals surface area contributed by atoms with Gasteiger partial charge in [0.05, 0.1) is 0 Å². The molecule has 100 valence electrons. The SMILES string of the molecule is C[C@@H]1CN(C(=O)OC(C)(C)C)CCC[C@H]1CN. The fraction of sp³-hybridized carbons (Fsp3) is 0.923. The summed E-state index contributed by atoms with van der Waals surface area (Å²) in [6, 6.07) is 0. The summed E-state index contributed by atoms with van der Waals surface area (Å²) in [5.74, 6) is 0.984. The molecule has 1 amide bonds. The van der Waals surface area contributed by atoms with Gasteiger partial charge in [-0.2, -0.15) is 0 Å². The van der Waals surface area contributed by atoms with Crippen molar-refractivity contribution < 1.29 is 9.53 Å². The molecule has 17 heavy (non-hydrogen) atoms. The Morgan fingerprint density at radius 3 is 2.65 bits per heavy atom. The quantitative estimate of drug-likeness (QED) is 0.767. The van der Waals surface area contributed by atoms with E-state index in [0.717, 1.165) is 25.9 Å². The van der Waals surface area contributed by atoms with Crippen molar-refractivity contribution >= 4 is 6.09 Å². The molecule has 1 saturated heterocycles. The first-order valence-corrected chi connectivity index (χ1v) is 6.51. The van der Waals surface area contributed by atoms with E-state index < -0.39 is 5.60 Å². The van der Waals surface area contributed by atoms with Crippen LogP contribution in [0.15, 0.2) is 0 Å². The fourth-order valence-corrected chi connectivity index (χ4v) is 2.26. The first-order chi connectivity index (χ1) is 7.83. The van der Waals surface area contributed by atoms with E-state index >= 15 is 0 Å². The zero-order chi connectivity index (χ0) is 13.1. The van der Waals surface area contributed by atoms with E-state index in [1.54, 1.807) is 0 Å². The van der Waals surface area contributed by atoms with Crippen molar-refractivity contribution in [1.29, 1.82) is 0 Å². The largest absolute Gasteiger partial charge is 0.444 e. The van der Waals surface area contributed by atoms with Gasteiger partial charge < -0.3 is 15.4 Å². The van der Waals surface area contributed by atoms with Crippen LogP contribution in [0.5, 0.6) is 0 Å². The maximum Gasteiger partial charge on any atom is 0.410 e. The van der Waals surface area contributed by atoms with E-state index in [1.165, 1.54) is 0 Å². The second kappa shape index (κ2) is 5.71. The van der Waals surface area contributed by atoms with Gasteiger partial charge >= 0.3 is 6.09 Å². The predicted molar refractivity (Wildman–Crippen MR) is 68.7 cm³/mol. The van der Waals surface area contributed by atoms with Gasteiger partial charge in [-0.05, 0) is 52.0 Å². The third-order valence-corrected chi connectivity index (χ3v) is 3.27. The Morgan fingerprint density at radius 2 is 2.12 bits per heavy atom. The molecule has 0 aliphatic carbocycles. The lowest BCUT2D eigenvalue weighted by atomic mass is 9.91. The lowest BCUT2D eigenvalue weighted by Gasteiger charge is -2.28. The molecule has 0 bridgehead atoms. The van der Waals surface area contributed by atoms with Crippen molar-refractivity contribution in [2.24, 2.45) is 17.6 Å². The summed E-state index contributed by atoms with van der Waals surface area (Å²) in [6.07, 6.45) is 1.93. The van der Waals surface area contributed by atoms with Gasteiger partial charge in [-0.3, -0.25) is 0 Å². The van der Waals surface area contributed by atoms with Crippen LogP contribution in [0.3, 0.4) is 0 Å². The van der Waals surface area contributed by atoms with Crippen molar-refractivity contribution in [3.05, 3.63) is 0 Å². The standard InChI is InChI=1S/C13H26N2O2/c1-10-9-15(7-5-6-11(10)8-14)12(16)17-13(2,3)4/h10-11H,5-9,14H2,1-4H3/t10-,11+/m1/s1. The lowest BCUT2D eigenvalue weighted by Crippen LogP contribution is -2.39. The second-order valence-corrected chi connectivity index (χ2v) is 6.04. The van der Waals surface area contributed by atoms with Crippen LogP contribution in [0.25, 0.3) is 0 Å². The summed E-state index contributed by atoms with van der Waals surface area (Å²) in [6.45, 7) is 10.1. The number of carbonyl (C=O) groups excluding carboxylic acids is 1. The molecule has 0 radical (unpaired) electrons. The maximum absolute atomic E-state index is 12.0. The molecular weight excluding hydrogens is 216 g/mol. The zero-order valence-corrected chi connectivity index (χ0v) is 11.5. The van der Waals surface area contributed by atoms with Crippen molar-refractivity contribution in [3.63, 3.8) is 0 Å². The minimum Gasteiger partial charge on any atom is -0.444 e. The van der Waals surface area contributed by atoms with Gasteiger partial charge in [-0.25, -0.2) is 4.79 Å². The minimum absolute atomic E-state index is 0.193. The molecule has 4 nitrogen and oxygen atoms in total. The van der Waals surface area contributed by atoms with Gasteiger partial charge in [-0.15, -0.1) is 0 Å². The Bertz CT molecular complexity index is 261. The molecule has 2 atom stereocenters. The van der Waals surface area contributed by atoms with Gasteiger partial charge in [0, 0.05) is 13.1 Å². The molecule has 0 unspecified atom stereocenters. The molecule has 1 heterocycles. The highest BCUT2D eigenvalue weighted by Gasteiger charge is 2.28. The number of amides is 1. The van der Waals surface area contributed by atoms with E-state index in [4.69, 9.17) is 10.5 Å². The summed E-state index contributed by atoms with van der Waals surface area (Å²) in [7, 11) is 0. The topological polar surface area (TPSA) is 55.6 Å². The van der Waals surface area contributed by atoms with Crippen LogP contribution < -0.4 is 5.73 Å². The van der Waals surface area contributed by atoms with E-state index in [0.29, 0.717) is 18.4 Å². The molecule has 1 rings (SSSR count). The summed E-state index contributed by atoms with van der Waals surface area (Å²) in [5, 5.41) is 0. The molecule has 0 aromatic heterocycles. The predicted octanol–water partition coefficient (Wildman–Crippen LogP) is 2.23. The average Bonchev–Trinajstić information content (AvgIpc) is 2.37. The molecule has 1 aliphatic heterocycles. The zero-order valence-electron chi connectivity index (χ0n) is 11.5. The van der Waals surface area contributed by atoms with Crippen LogP contribution in [-0.4, -0.2) is 36.2 Å². The summed E-state index contributed by atoms with van der Waals surface area (Å²) in [4.78, 5) is 13.8. The van der Waals surface area contributed by atoms with Crippen LogP contribution in [0.2, 0.25) is 0 Å². The van der Waals surface area contributed by atoms with Crippen molar-refractivity contribution in [2.75, 3.05) is 19.6 Å².